The molecule has 2 aromatic rings. The molecule has 0 amide bonds. The van der Waals surface area contributed by atoms with Crippen LogP contribution in [0.15, 0.2) is 48.5 Å². The lowest BCUT2D eigenvalue weighted by Gasteiger charge is -2.32. The minimum atomic E-state index is -0.0308. The van der Waals surface area contributed by atoms with Gasteiger partial charge in [-0.25, -0.2) is 0 Å². The zero-order valence-electron chi connectivity index (χ0n) is 14.0. The molecule has 25 heavy (non-hydrogen) atoms. The first-order valence-electron chi connectivity index (χ1n) is 8.30. The summed E-state index contributed by atoms with van der Waals surface area (Å²) in [7, 11) is 0. The molecule has 2 aliphatic rings. The molecule has 2 heterocycles. The molecule has 0 bridgehead atoms. The first-order valence-corrected chi connectivity index (χ1v) is 8.30. The predicted molar refractivity (Wildman–Crippen MR) is 97.4 cm³/mol. The third-order valence-corrected chi connectivity index (χ3v) is 4.32. The van der Waals surface area contributed by atoms with Gasteiger partial charge in [0.1, 0.15) is 25.4 Å². The lowest BCUT2D eigenvalue weighted by molar-refractivity contribution is 0.0533. The van der Waals surface area contributed by atoms with Crippen molar-refractivity contribution in [1.29, 1.82) is 0 Å². The highest BCUT2D eigenvalue weighted by molar-refractivity contribution is 5.85. The average molecular weight is 364 g/mol. The van der Waals surface area contributed by atoms with Gasteiger partial charge in [0.05, 0.1) is 0 Å². The van der Waals surface area contributed by atoms with E-state index in [1.807, 2.05) is 48.5 Å². The van der Waals surface area contributed by atoms with Crippen LogP contribution in [0.5, 0.6) is 23.0 Å². The van der Waals surface area contributed by atoms with Crippen molar-refractivity contribution >= 4 is 12.4 Å². The maximum atomic E-state index is 6.03. The molecule has 0 radical (unpaired) electrons. The van der Waals surface area contributed by atoms with Gasteiger partial charge >= 0.3 is 0 Å². The van der Waals surface area contributed by atoms with Gasteiger partial charge in [-0.2, -0.15) is 0 Å². The highest BCUT2D eigenvalue weighted by Gasteiger charge is 2.27. The number of hydrogen-bond donors (Lipinski definition) is 1. The van der Waals surface area contributed by atoms with E-state index in [0.717, 1.165) is 23.0 Å². The molecule has 0 spiro atoms. The molecule has 2 aliphatic heterocycles. The molecule has 0 fully saturated rings. The van der Waals surface area contributed by atoms with Gasteiger partial charge in [-0.15, -0.1) is 12.4 Å². The third kappa shape index (κ3) is 3.94. The summed E-state index contributed by atoms with van der Waals surface area (Å²) < 4.78 is 23.5. The summed E-state index contributed by atoms with van der Waals surface area (Å²) in [6, 6.07) is 15.6. The second-order valence-electron chi connectivity index (χ2n) is 6.11. The Labute approximate surface area is 153 Å². The van der Waals surface area contributed by atoms with Crippen molar-refractivity contribution in [3.8, 4) is 23.0 Å². The number of para-hydroxylation sites is 4. The number of halogens is 1. The SMILES string of the molecule is CC(NCC1COc2ccccc2O1)C1COc2ccccc2O1.Cl. The molecule has 0 saturated carbocycles. The van der Waals surface area contributed by atoms with E-state index in [2.05, 4.69) is 12.2 Å². The third-order valence-electron chi connectivity index (χ3n) is 4.32. The summed E-state index contributed by atoms with van der Waals surface area (Å²) in [5.41, 5.74) is 0. The van der Waals surface area contributed by atoms with Gasteiger partial charge in [0.15, 0.2) is 23.0 Å². The first-order chi connectivity index (χ1) is 11.8. The van der Waals surface area contributed by atoms with Crippen LogP contribution in [-0.2, 0) is 0 Å². The summed E-state index contributed by atoms with van der Waals surface area (Å²) in [5, 5.41) is 3.47. The molecule has 0 aliphatic carbocycles. The van der Waals surface area contributed by atoms with Gasteiger partial charge in [-0.05, 0) is 31.2 Å². The van der Waals surface area contributed by atoms with Crippen LogP contribution in [0.4, 0.5) is 0 Å². The van der Waals surface area contributed by atoms with Gasteiger partial charge in [0, 0.05) is 12.6 Å². The fraction of sp³-hybridized carbons (Fsp3) is 0.368. The number of nitrogens with one attached hydrogen (secondary N) is 1. The monoisotopic (exact) mass is 363 g/mol. The van der Waals surface area contributed by atoms with E-state index in [-0.39, 0.29) is 30.7 Å². The van der Waals surface area contributed by atoms with Crippen molar-refractivity contribution < 1.29 is 18.9 Å². The van der Waals surface area contributed by atoms with Crippen LogP contribution >= 0.6 is 12.4 Å². The number of fused-ring (bicyclic) bond motifs is 2. The molecular weight excluding hydrogens is 342 g/mol. The fourth-order valence-electron chi connectivity index (χ4n) is 2.89. The van der Waals surface area contributed by atoms with Crippen molar-refractivity contribution in [2.24, 2.45) is 0 Å². The molecule has 3 unspecified atom stereocenters. The lowest BCUT2D eigenvalue weighted by atomic mass is 10.1. The molecule has 6 heteroatoms. The molecular formula is C19H22ClNO4. The Morgan fingerprint density at radius 2 is 1.44 bits per heavy atom. The minimum Gasteiger partial charge on any atom is -0.486 e. The molecule has 2 aromatic carbocycles. The molecule has 1 N–H and O–H groups in total. The van der Waals surface area contributed by atoms with Crippen LogP contribution in [0.3, 0.4) is 0 Å². The standard InChI is InChI=1S/C19H21NO4.ClH/c1-13(19-12-22-16-7-3-5-9-18(16)24-19)20-10-14-11-21-15-6-2-4-8-17(15)23-14;/h2-9,13-14,19-20H,10-12H2,1H3;1H. The number of hydrogen-bond acceptors (Lipinski definition) is 5. The predicted octanol–water partition coefficient (Wildman–Crippen LogP) is 3.07. The molecule has 3 atom stereocenters. The Morgan fingerprint density at radius 1 is 0.880 bits per heavy atom. The smallest absolute Gasteiger partial charge is 0.161 e. The minimum absolute atomic E-state index is 0. The van der Waals surface area contributed by atoms with E-state index in [9.17, 15) is 0 Å². The van der Waals surface area contributed by atoms with Crippen molar-refractivity contribution in [2.75, 3.05) is 19.8 Å². The lowest BCUT2D eigenvalue weighted by Crippen LogP contribution is -2.50. The fourth-order valence-corrected chi connectivity index (χ4v) is 2.89. The summed E-state index contributed by atoms with van der Waals surface area (Å²) >= 11 is 0. The molecule has 0 saturated heterocycles. The van der Waals surface area contributed by atoms with Crippen molar-refractivity contribution in [3.63, 3.8) is 0 Å². The van der Waals surface area contributed by atoms with Crippen LogP contribution in [0.1, 0.15) is 6.92 Å². The summed E-state index contributed by atoms with van der Waals surface area (Å²) in [6.07, 6.45) is -0.0455. The van der Waals surface area contributed by atoms with E-state index < -0.39 is 0 Å². The highest BCUT2D eigenvalue weighted by Crippen LogP contribution is 2.32. The molecule has 134 valence electrons. The van der Waals surface area contributed by atoms with E-state index in [1.54, 1.807) is 0 Å². The normalized spacial score (nSPS) is 21.8. The second-order valence-corrected chi connectivity index (χ2v) is 6.11. The number of rotatable bonds is 4. The number of benzene rings is 2. The van der Waals surface area contributed by atoms with E-state index in [4.69, 9.17) is 18.9 Å². The Bertz CT molecular complexity index is 711. The molecule has 5 nitrogen and oxygen atoms in total. The van der Waals surface area contributed by atoms with Gasteiger partial charge in [0.25, 0.3) is 0 Å². The van der Waals surface area contributed by atoms with Gasteiger partial charge in [-0.3, -0.25) is 0 Å². The molecule has 0 aromatic heterocycles. The highest BCUT2D eigenvalue weighted by atomic mass is 35.5. The zero-order valence-corrected chi connectivity index (χ0v) is 14.8. The maximum Gasteiger partial charge on any atom is 0.161 e. The largest absolute Gasteiger partial charge is 0.486 e. The Hall–Kier alpha value is -2.11. The Morgan fingerprint density at radius 3 is 2.12 bits per heavy atom. The van der Waals surface area contributed by atoms with Crippen LogP contribution < -0.4 is 24.3 Å². The van der Waals surface area contributed by atoms with Gasteiger partial charge in [0.2, 0.25) is 0 Å². The Balaban J connectivity index is 0.00000182. The number of ether oxygens (including phenoxy) is 4. The van der Waals surface area contributed by atoms with Crippen molar-refractivity contribution in [1.82, 2.24) is 5.32 Å². The first kappa shape index (κ1) is 17.7. The van der Waals surface area contributed by atoms with Crippen molar-refractivity contribution in [3.05, 3.63) is 48.5 Å². The second kappa shape index (κ2) is 7.85. The van der Waals surface area contributed by atoms with Crippen molar-refractivity contribution in [2.45, 2.75) is 25.2 Å². The summed E-state index contributed by atoms with van der Waals surface area (Å²) in [4.78, 5) is 0. The summed E-state index contributed by atoms with van der Waals surface area (Å²) in [5.74, 6) is 3.21. The molecule has 4 rings (SSSR count). The summed E-state index contributed by atoms with van der Waals surface area (Å²) in [6.45, 7) is 3.87. The van der Waals surface area contributed by atoms with Crippen LogP contribution in [0.25, 0.3) is 0 Å². The average Bonchev–Trinajstić information content (AvgIpc) is 2.65. The van der Waals surface area contributed by atoms with E-state index in [1.165, 1.54) is 0 Å². The van der Waals surface area contributed by atoms with Gasteiger partial charge < -0.3 is 24.3 Å². The van der Waals surface area contributed by atoms with E-state index in [0.29, 0.717) is 19.8 Å². The maximum absolute atomic E-state index is 6.03. The van der Waals surface area contributed by atoms with Gasteiger partial charge in [-0.1, -0.05) is 24.3 Å². The van der Waals surface area contributed by atoms with Crippen LogP contribution in [-0.4, -0.2) is 38.0 Å². The topological polar surface area (TPSA) is 49.0 Å². The van der Waals surface area contributed by atoms with Crippen LogP contribution in [0, 0.1) is 0 Å². The quantitative estimate of drug-likeness (QED) is 0.904. The Kier molecular flexibility index (Phi) is 5.56. The van der Waals surface area contributed by atoms with E-state index >= 15 is 0 Å². The van der Waals surface area contributed by atoms with Crippen LogP contribution in [0.2, 0.25) is 0 Å². The zero-order chi connectivity index (χ0) is 16.4.